The van der Waals surface area contributed by atoms with Gasteiger partial charge in [0.15, 0.2) is 0 Å². The molecule has 0 atom stereocenters. The van der Waals surface area contributed by atoms with Crippen molar-refractivity contribution in [1.29, 1.82) is 0 Å². The molecule has 0 aliphatic carbocycles. The van der Waals surface area contributed by atoms with Crippen LogP contribution in [0.15, 0.2) is 71.4 Å². The summed E-state index contributed by atoms with van der Waals surface area (Å²) in [6, 6.07) is 18.1. The average Bonchev–Trinajstić information content (AvgIpc) is 3.19. The molecule has 0 saturated heterocycles. The summed E-state index contributed by atoms with van der Waals surface area (Å²) in [6.45, 7) is 9.82. The molecule has 5 heteroatoms. The summed E-state index contributed by atoms with van der Waals surface area (Å²) < 4.78 is 7.20. The highest BCUT2D eigenvalue weighted by Crippen LogP contribution is 2.37. The number of carbonyl (C=O) groups is 2. The number of carbonyl (C=O) groups excluding carboxylic acids is 2. The van der Waals surface area contributed by atoms with Crippen molar-refractivity contribution < 1.29 is 14.3 Å². The van der Waals surface area contributed by atoms with Crippen LogP contribution in [0.3, 0.4) is 0 Å². The van der Waals surface area contributed by atoms with Gasteiger partial charge >= 0.3 is 5.97 Å². The van der Waals surface area contributed by atoms with Crippen LogP contribution in [0.2, 0.25) is 0 Å². The fourth-order valence-electron chi connectivity index (χ4n) is 4.63. The molecule has 0 fully saturated rings. The van der Waals surface area contributed by atoms with Crippen molar-refractivity contribution in [3.05, 3.63) is 99.5 Å². The number of hydrogen-bond acceptors (Lipinski definition) is 3. The summed E-state index contributed by atoms with van der Waals surface area (Å²) in [6.07, 6.45) is 1.81. The van der Waals surface area contributed by atoms with Gasteiger partial charge in [-0.2, -0.15) is 0 Å². The summed E-state index contributed by atoms with van der Waals surface area (Å²) >= 11 is 0. The number of esters is 1. The summed E-state index contributed by atoms with van der Waals surface area (Å²) in [5, 5.41) is 0. The molecular formula is C28H28N2O3. The second kappa shape index (κ2) is 8.58. The minimum absolute atomic E-state index is 0.234. The molecule has 3 aromatic rings. The number of nitrogens with zero attached hydrogens (tertiary/aromatic N) is 2. The topological polar surface area (TPSA) is 51.5 Å². The van der Waals surface area contributed by atoms with E-state index in [2.05, 4.69) is 10.6 Å². The van der Waals surface area contributed by atoms with E-state index in [0.717, 1.165) is 39.5 Å². The summed E-state index contributed by atoms with van der Waals surface area (Å²) in [7, 11) is 1.34. The Morgan fingerprint density at radius 2 is 1.52 bits per heavy atom. The molecule has 1 aliphatic heterocycles. The van der Waals surface area contributed by atoms with Crippen LogP contribution in [-0.2, 0) is 14.3 Å². The maximum Gasteiger partial charge on any atom is 0.340 e. The van der Waals surface area contributed by atoms with Gasteiger partial charge in [-0.15, -0.1) is 0 Å². The fourth-order valence-corrected chi connectivity index (χ4v) is 4.63. The minimum Gasteiger partial charge on any atom is -0.465 e. The van der Waals surface area contributed by atoms with Crippen LogP contribution in [-0.4, -0.2) is 23.6 Å². The van der Waals surface area contributed by atoms with E-state index >= 15 is 0 Å². The number of methoxy groups -OCH3 is 1. The molecule has 1 aromatic heterocycles. The predicted molar refractivity (Wildman–Crippen MR) is 131 cm³/mol. The van der Waals surface area contributed by atoms with Crippen LogP contribution in [0, 0.1) is 27.7 Å². The number of anilines is 1. The van der Waals surface area contributed by atoms with Crippen LogP contribution in [0.1, 0.15) is 35.0 Å². The molecule has 0 spiro atoms. The number of para-hydroxylation sites is 1. The van der Waals surface area contributed by atoms with Gasteiger partial charge in [-0.25, -0.2) is 4.79 Å². The Labute approximate surface area is 194 Å². The second-order valence-electron chi connectivity index (χ2n) is 8.49. The van der Waals surface area contributed by atoms with E-state index in [9.17, 15) is 9.59 Å². The monoisotopic (exact) mass is 440 g/mol. The van der Waals surface area contributed by atoms with Crippen LogP contribution in [0.5, 0.6) is 0 Å². The van der Waals surface area contributed by atoms with Crippen molar-refractivity contribution in [3.8, 4) is 5.69 Å². The first-order valence-corrected chi connectivity index (χ1v) is 10.9. The Bertz CT molecular complexity index is 1310. The molecule has 0 saturated carbocycles. The SMILES string of the molecule is COC(=O)C1=C(C)N(c2cc(C)cc(C)c2)C(=O)/C1=C\c1cc(C)n(-c2ccccc2)c1C. The van der Waals surface area contributed by atoms with Gasteiger partial charge < -0.3 is 9.30 Å². The van der Waals surface area contributed by atoms with E-state index in [0.29, 0.717) is 16.8 Å². The zero-order valence-electron chi connectivity index (χ0n) is 19.9. The third kappa shape index (κ3) is 3.91. The highest BCUT2D eigenvalue weighted by Gasteiger charge is 2.38. The third-order valence-corrected chi connectivity index (χ3v) is 6.04. The molecule has 4 rings (SSSR count). The highest BCUT2D eigenvalue weighted by molar-refractivity contribution is 6.23. The number of aryl methyl sites for hydroxylation is 3. The van der Waals surface area contributed by atoms with Crippen molar-refractivity contribution >= 4 is 23.6 Å². The lowest BCUT2D eigenvalue weighted by Gasteiger charge is -2.19. The summed E-state index contributed by atoms with van der Waals surface area (Å²) in [5.41, 5.74) is 8.02. The number of benzene rings is 2. The smallest absolute Gasteiger partial charge is 0.340 e. The van der Waals surface area contributed by atoms with Crippen LogP contribution < -0.4 is 4.90 Å². The number of hydrogen-bond donors (Lipinski definition) is 0. The van der Waals surface area contributed by atoms with Crippen molar-refractivity contribution in [1.82, 2.24) is 4.57 Å². The first-order chi connectivity index (χ1) is 15.7. The molecule has 0 unspecified atom stereocenters. The molecule has 2 aromatic carbocycles. The zero-order chi connectivity index (χ0) is 23.9. The molecule has 33 heavy (non-hydrogen) atoms. The van der Waals surface area contributed by atoms with Gasteiger partial charge in [0.05, 0.1) is 18.3 Å². The second-order valence-corrected chi connectivity index (χ2v) is 8.49. The molecule has 0 N–H and O–H groups in total. The largest absolute Gasteiger partial charge is 0.465 e. The van der Waals surface area contributed by atoms with E-state index in [4.69, 9.17) is 4.74 Å². The molecule has 1 amide bonds. The van der Waals surface area contributed by atoms with Crippen molar-refractivity contribution in [2.24, 2.45) is 0 Å². The molecule has 2 heterocycles. The Kier molecular flexibility index (Phi) is 5.81. The molecule has 5 nitrogen and oxygen atoms in total. The Morgan fingerprint density at radius 1 is 0.879 bits per heavy atom. The maximum atomic E-state index is 13.6. The Balaban J connectivity index is 1.87. The van der Waals surface area contributed by atoms with Gasteiger partial charge in [-0.05, 0) is 87.7 Å². The fraction of sp³-hybridized carbons (Fsp3) is 0.214. The van der Waals surface area contributed by atoms with Gasteiger partial charge in [0, 0.05) is 28.5 Å². The predicted octanol–water partition coefficient (Wildman–Crippen LogP) is 5.59. The van der Waals surface area contributed by atoms with Crippen molar-refractivity contribution in [2.75, 3.05) is 12.0 Å². The first kappa shape index (κ1) is 22.3. The van der Waals surface area contributed by atoms with Crippen molar-refractivity contribution in [3.63, 3.8) is 0 Å². The van der Waals surface area contributed by atoms with Crippen LogP contribution in [0.4, 0.5) is 5.69 Å². The molecule has 0 radical (unpaired) electrons. The quantitative estimate of drug-likeness (QED) is 0.393. The molecular weight excluding hydrogens is 412 g/mol. The van der Waals surface area contributed by atoms with E-state index in [1.165, 1.54) is 7.11 Å². The van der Waals surface area contributed by atoms with E-state index in [-0.39, 0.29) is 5.91 Å². The number of allylic oxidation sites excluding steroid dienone is 1. The number of rotatable bonds is 4. The lowest BCUT2D eigenvalue weighted by molar-refractivity contribution is -0.136. The number of amides is 1. The first-order valence-electron chi connectivity index (χ1n) is 10.9. The zero-order valence-corrected chi connectivity index (χ0v) is 19.9. The Hall–Kier alpha value is -3.86. The molecule has 0 bridgehead atoms. The average molecular weight is 441 g/mol. The number of ether oxygens (including phenoxy) is 1. The lowest BCUT2D eigenvalue weighted by Crippen LogP contribution is -2.24. The number of aromatic nitrogens is 1. The van der Waals surface area contributed by atoms with E-state index in [1.807, 2.05) is 82.3 Å². The van der Waals surface area contributed by atoms with Gasteiger partial charge in [0.25, 0.3) is 5.91 Å². The summed E-state index contributed by atoms with van der Waals surface area (Å²) in [4.78, 5) is 28.0. The standard InChI is InChI=1S/C28H28N2O3/c1-17-12-18(2)14-24(13-17)30-21(5)26(28(32)33-6)25(27(30)31)16-22-15-19(3)29(20(22)4)23-10-8-7-9-11-23/h7-16H,1-6H3/b25-16-. The highest BCUT2D eigenvalue weighted by atomic mass is 16.5. The van der Waals surface area contributed by atoms with E-state index in [1.54, 1.807) is 11.8 Å². The third-order valence-electron chi connectivity index (χ3n) is 6.04. The minimum atomic E-state index is -0.518. The lowest BCUT2D eigenvalue weighted by atomic mass is 10.0. The van der Waals surface area contributed by atoms with E-state index < -0.39 is 5.97 Å². The van der Waals surface area contributed by atoms with Crippen molar-refractivity contribution in [2.45, 2.75) is 34.6 Å². The molecule has 168 valence electrons. The van der Waals surface area contributed by atoms with Gasteiger partial charge in [-0.3, -0.25) is 9.69 Å². The maximum absolute atomic E-state index is 13.6. The summed E-state index contributed by atoms with van der Waals surface area (Å²) in [5.74, 6) is -0.752. The Morgan fingerprint density at radius 3 is 2.12 bits per heavy atom. The van der Waals surface area contributed by atoms with Gasteiger partial charge in [0.1, 0.15) is 0 Å². The normalized spacial score (nSPS) is 15.0. The van der Waals surface area contributed by atoms with Gasteiger partial charge in [-0.1, -0.05) is 24.3 Å². The van der Waals surface area contributed by atoms with Crippen LogP contribution >= 0.6 is 0 Å². The molecule has 1 aliphatic rings. The van der Waals surface area contributed by atoms with Crippen LogP contribution in [0.25, 0.3) is 11.8 Å². The van der Waals surface area contributed by atoms with Gasteiger partial charge in [0.2, 0.25) is 0 Å².